The maximum absolute atomic E-state index is 12.5. The standard InChI is InChI=1S/C20H26N2O3/c1-3-4-5-10-19(23)21-17-11-13-22(14-12-17)20(24)15-16-8-6-7-9-18(16)25-2/h3-10,17H,11-15H2,1-2H3,(H,21,23)/b4-3+,10-5+. The van der Waals surface area contributed by atoms with Crippen molar-refractivity contribution in [2.45, 2.75) is 32.2 Å². The van der Waals surface area contributed by atoms with E-state index < -0.39 is 0 Å². The molecule has 1 aliphatic rings. The normalized spacial score (nSPS) is 15.7. The summed E-state index contributed by atoms with van der Waals surface area (Å²) >= 11 is 0. The van der Waals surface area contributed by atoms with E-state index in [9.17, 15) is 9.59 Å². The number of hydrogen-bond acceptors (Lipinski definition) is 3. The number of benzene rings is 1. The number of amides is 2. The fourth-order valence-corrected chi connectivity index (χ4v) is 2.90. The molecule has 0 spiro atoms. The van der Waals surface area contributed by atoms with Crippen molar-refractivity contribution in [3.8, 4) is 5.75 Å². The van der Waals surface area contributed by atoms with E-state index in [4.69, 9.17) is 4.74 Å². The quantitative estimate of drug-likeness (QED) is 0.638. The molecule has 2 amide bonds. The van der Waals surface area contributed by atoms with Crippen LogP contribution in [0, 0.1) is 0 Å². The van der Waals surface area contributed by atoms with Crippen molar-refractivity contribution >= 4 is 11.8 Å². The van der Waals surface area contributed by atoms with Crippen LogP contribution in [0.2, 0.25) is 0 Å². The highest BCUT2D eigenvalue weighted by Gasteiger charge is 2.24. The lowest BCUT2D eigenvalue weighted by Gasteiger charge is -2.32. The van der Waals surface area contributed by atoms with E-state index >= 15 is 0 Å². The maximum atomic E-state index is 12.5. The zero-order chi connectivity index (χ0) is 18.1. The van der Waals surface area contributed by atoms with Crippen LogP contribution >= 0.6 is 0 Å². The third kappa shape index (κ3) is 5.78. The van der Waals surface area contributed by atoms with Gasteiger partial charge in [0.15, 0.2) is 0 Å². The summed E-state index contributed by atoms with van der Waals surface area (Å²) in [6.45, 7) is 3.23. The molecule has 25 heavy (non-hydrogen) atoms. The number of carbonyl (C=O) groups is 2. The van der Waals surface area contributed by atoms with Crippen LogP contribution in [0.4, 0.5) is 0 Å². The number of rotatable bonds is 6. The van der Waals surface area contributed by atoms with E-state index in [1.807, 2.05) is 48.2 Å². The summed E-state index contributed by atoms with van der Waals surface area (Å²) in [4.78, 5) is 26.2. The van der Waals surface area contributed by atoms with Crippen molar-refractivity contribution in [1.29, 1.82) is 0 Å². The Morgan fingerprint density at radius 2 is 1.96 bits per heavy atom. The molecule has 1 aliphatic heterocycles. The van der Waals surface area contributed by atoms with E-state index in [-0.39, 0.29) is 17.9 Å². The van der Waals surface area contributed by atoms with Crippen molar-refractivity contribution in [2.24, 2.45) is 0 Å². The van der Waals surface area contributed by atoms with Crippen molar-refractivity contribution in [2.75, 3.05) is 20.2 Å². The fraction of sp³-hybridized carbons (Fsp3) is 0.400. The topological polar surface area (TPSA) is 58.6 Å². The zero-order valence-electron chi connectivity index (χ0n) is 14.9. The van der Waals surface area contributed by atoms with Gasteiger partial charge in [-0.25, -0.2) is 0 Å². The van der Waals surface area contributed by atoms with E-state index in [2.05, 4.69) is 5.32 Å². The predicted octanol–water partition coefficient (Wildman–Crippen LogP) is 2.48. The number of likely N-dealkylation sites (tertiary alicyclic amines) is 1. The smallest absolute Gasteiger partial charge is 0.244 e. The molecule has 0 radical (unpaired) electrons. The summed E-state index contributed by atoms with van der Waals surface area (Å²) in [6, 6.07) is 7.71. The molecule has 134 valence electrons. The molecule has 0 aliphatic carbocycles. The predicted molar refractivity (Wildman–Crippen MR) is 98.4 cm³/mol. The highest BCUT2D eigenvalue weighted by Crippen LogP contribution is 2.19. The van der Waals surface area contributed by atoms with Gasteiger partial charge in [-0.2, -0.15) is 0 Å². The Kier molecular flexibility index (Phi) is 7.26. The average molecular weight is 342 g/mol. The molecule has 2 rings (SSSR count). The van der Waals surface area contributed by atoms with Gasteiger partial charge in [-0.1, -0.05) is 36.4 Å². The molecule has 1 aromatic carbocycles. The van der Waals surface area contributed by atoms with Gasteiger partial charge in [-0.15, -0.1) is 0 Å². The molecular formula is C20H26N2O3. The molecule has 1 N–H and O–H groups in total. The van der Waals surface area contributed by atoms with Crippen LogP contribution < -0.4 is 10.1 Å². The lowest BCUT2D eigenvalue weighted by Crippen LogP contribution is -2.46. The SMILES string of the molecule is C/C=C/C=C/C(=O)NC1CCN(C(=O)Cc2ccccc2OC)CC1. The van der Waals surface area contributed by atoms with Crippen molar-refractivity contribution in [3.05, 3.63) is 54.1 Å². The number of nitrogens with zero attached hydrogens (tertiary/aromatic N) is 1. The Hall–Kier alpha value is -2.56. The van der Waals surface area contributed by atoms with Crippen LogP contribution in [0.15, 0.2) is 48.6 Å². The minimum Gasteiger partial charge on any atom is -0.496 e. The number of ether oxygens (including phenoxy) is 1. The molecule has 0 saturated carbocycles. The Balaban J connectivity index is 1.81. The Morgan fingerprint density at radius 1 is 1.24 bits per heavy atom. The minimum atomic E-state index is -0.0862. The fourth-order valence-electron chi connectivity index (χ4n) is 2.90. The second-order valence-electron chi connectivity index (χ2n) is 6.04. The molecule has 0 atom stereocenters. The summed E-state index contributed by atoms with van der Waals surface area (Å²) in [6.07, 6.45) is 8.84. The van der Waals surface area contributed by atoms with E-state index in [1.165, 1.54) is 6.08 Å². The second-order valence-corrected chi connectivity index (χ2v) is 6.04. The van der Waals surface area contributed by atoms with Gasteiger partial charge < -0.3 is 15.0 Å². The summed E-state index contributed by atoms with van der Waals surface area (Å²) in [5, 5.41) is 2.99. The van der Waals surface area contributed by atoms with E-state index in [0.29, 0.717) is 19.5 Å². The van der Waals surface area contributed by atoms with Crippen LogP contribution in [0.3, 0.4) is 0 Å². The zero-order valence-corrected chi connectivity index (χ0v) is 14.9. The number of allylic oxidation sites excluding steroid dienone is 3. The third-order valence-electron chi connectivity index (χ3n) is 4.28. The van der Waals surface area contributed by atoms with Crippen LogP contribution in [-0.2, 0) is 16.0 Å². The van der Waals surface area contributed by atoms with Gasteiger partial charge in [0, 0.05) is 30.8 Å². The summed E-state index contributed by atoms with van der Waals surface area (Å²) in [7, 11) is 1.61. The summed E-state index contributed by atoms with van der Waals surface area (Å²) in [5.74, 6) is 0.755. The largest absolute Gasteiger partial charge is 0.496 e. The Bertz CT molecular complexity index is 644. The highest BCUT2D eigenvalue weighted by molar-refractivity contribution is 5.88. The van der Waals surface area contributed by atoms with Crippen LogP contribution in [0.5, 0.6) is 5.75 Å². The maximum Gasteiger partial charge on any atom is 0.244 e. The number of piperidine rings is 1. The number of carbonyl (C=O) groups excluding carboxylic acids is 2. The summed E-state index contributed by atoms with van der Waals surface area (Å²) < 4.78 is 5.31. The van der Waals surface area contributed by atoms with Gasteiger partial charge in [0.25, 0.3) is 0 Å². The molecule has 5 nitrogen and oxygen atoms in total. The van der Waals surface area contributed by atoms with Crippen LogP contribution in [-0.4, -0.2) is 43.0 Å². The van der Waals surface area contributed by atoms with Gasteiger partial charge in [0.1, 0.15) is 5.75 Å². The average Bonchev–Trinajstić information content (AvgIpc) is 2.63. The molecule has 0 aromatic heterocycles. The molecule has 1 heterocycles. The molecule has 5 heteroatoms. The van der Waals surface area contributed by atoms with Crippen molar-refractivity contribution < 1.29 is 14.3 Å². The Morgan fingerprint density at radius 3 is 2.64 bits per heavy atom. The van der Waals surface area contributed by atoms with Gasteiger partial charge in [-0.05, 0) is 25.8 Å². The lowest BCUT2D eigenvalue weighted by atomic mass is 10.0. The molecule has 1 fully saturated rings. The molecule has 1 aromatic rings. The third-order valence-corrected chi connectivity index (χ3v) is 4.28. The lowest BCUT2D eigenvalue weighted by molar-refractivity contribution is -0.131. The van der Waals surface area contributed by atoms with E-state index in [0.717, 1.165) is 24.2 Å². The van der Waals surface area contributed by atoms with Gasteiger partial charge in [0.05, 0.1) is 13.5 Å². The first-order valence-corrected chi connectivity index (χ1v) is 8.63. The van der Waals surface area contributed by atoms with E-state index in [1.54, 1.807) is 13.2 Å². The number of methoxy groups -OCH3 is 1. The second kappa shape index (κ2) is 9.67. The Labute approximate surface area is 149 Å². The van der Waals surface area contributed by atoms with Gasteiger partial charge in [-0.3, -0.25) is 9.59 Å². The highest BCUT2D eigenvalue weighted by atomic mass is 16.5. The van der Waals surface area contributed by atoms with Crippen LogP contribution in [0.1, 0.15) is 25.3 Å². The number of hydrogen-bond donors (Lipinski definition) is 1. The minimum absolute atomic E-state index is 0.0862. The first-order valence-electron chi connectivity index (χ1n) is 8.63. The van der Waals surface area contributed by atoms with Gasteiger partial charge >= 0.3 is 0 Å². The molecule has 1 saturated heterocycles. The van der Waals surface area contributed by atoms with Crippen LogP contribution in [0.25, 0.3) is 0 Å². The van der Waals surface area contributed by atoms with Gasteiger partial charge in [0.2, 0.25) is 11.8 Å². The molecule has 0 bridgehead atoms. The first-order chi connectivity index (χ1) is 12.1. The molecular weight excluding hydrogens is 316 g/mol. The monoisotopic (exact) mass is 342 g/mol. The number of nitrogens with one attached hydrogen (secondary N) is 1. The van der Waals surface area contributed by atoms with Crippen molar-refractivity contribution in [3.63, 3.8) is 0 Å². The van der Waals surface area contributed by atoms with Crippen molar-refractivity contribution in [1.82, 2.24) is 10.2 Å². The first kappa shape index (κ1) is 18.8. The summed E-state index contributed by atoms with van der Waals surface area (Å²) in [5.41, 5.74) is 0.902. The molecule has 0 unspecified atom stereocenters. The number of para-hydroxylation sites is 1.